The first-order valence-electron chi connectivity index (χ1n) is 6.75. The number of para-hydroxylation sites is 1. The van der Waals surface area contributed by atoms with Crippen molar-refractivity contribution in [3.63, 3.8) is 0 Å². The average molecular weight is 272 g/mol. The van der Waals surface area contributed by atoms with Gasteiger partial charge in [-0.05, 0) is 30.4 Å². The summed E-state index contributed by atoms with van der Waals surface area (Å²) in [5.41, 5.74) is 0.909. The standard InChI is InChI=1S/C15H16N2O3/c18-14-6-5-11-3-1-2-4-13(11)17(14)12-7-9-16(10-8-12)15(19)20/h1-6,12H,7-10H2,(H,19,20). The monoisotopic (exact) mass is 272 g/mol. The maximum absolute atomic E-state index is 12.2. The van der Waals surface area contributed by atoms with E-state index in [4.69, 9.17) is 5.11 Å². The molecule has 5 heteroatoms. The fourth-order valence-corrected chi connectivity index (χ4v) is 2.90. The number of pyridine rings is 1. The molecule has 0 unspecified atom stereocenters. The minimum atomic E-state index is -0.881. The summed E-state index contributed by atoms with van der Waals surface area (Å²) in [6.07, 6.45) is 0.481. The van der Waals surface area contributed by atoms with Gasteiger partial charge in [0, 0.05) is 25.2 Å². The lowest BCUT2D eigenvalue weighted by Gasteiger charge is -2.31. The second-order valence-electron chi connectivity index (χ2n) is 5.10. The molecule has 1 amide bonds. The highest BCUT2D eigenvalue weighted by molar-refractivity contribution is 5.78. The van der Waals surface area contributed by atoms with Gasteiger partial charge in [0.15, 0.2) is 0 Å². The predicted octanol–water partition coefficient (Wildman–Crippen LogP) is 2.32. The van der Waals surface area contributed by atoms with Crippen LogP contribution < -0.4 is 5.56 Å². The van der Waals surface area contributed by atoms with Gasteiger partial charge >= 0.3 is 6.09 Å². The van der Waals surface area contributed by atoms with Crippen LogP contribution in [-0.4, -0.2) is 33.8 Å². The van der Waals surface area contributed by atoms with E-state index in [0.29, 0.717) is 25.9 Å². The summed E-state index contributed by atoms with van der Waals surface area (Å²) in [5.74, 6) is 0. The van der Waals surface area contributed by atoms with Gasteiger partial charge in [-0.1, -0.05) is 18.2 Å². The molecule has 1 aliphatic heterocycles. The number of piperidine rings is 1. The van der Waals surface area contributed by atoms with E-state index in [-0.39, 0.29) is 11.6 Å². The van der Waals surface area contributed by atoms with E-state index in [9.17, 15) is 9.59 Å². The average Bonchev–Trinajstić information content (AvgIpc) is 2.47. The van der Waals surface area contributed by atoms with Gasteiger partial charge in [-0.15, -0.1) is 0 Å². The molecule has 5 nitrogen and oxygen atoms in total. The lowest BCUT2D eigenvalue weighted by molar-refractivity contribution is 0.125. The van der Waals surface area contributed by atoms with E-state index in [2.05, 4.69) is 0 Å². The molecule has 1 aliphatic rings. The minimum Gasteiger partial charge on any atom is -0.465 e. The number of aromatic nitrogens is 1. The number of carboxylic acid groups (broad SMARTS) is 1. The molecule has 1 saturated heterocycles. The third kappa shape index (κ3) is 2.15. The largest absolute Gasteiger partial charge is 0.465 e. The molecular formula is C15H16N2O3. The third-order valence-electron chi connectivity index (χ3n) is 3.94. The third-order valence-corrected chi connectivity index (χ3v) is 3.94. The Bertz CT molecular complexity index is 700. The molecule has 0 aliphatic carbocycles. The van der Waals surface area contributed by atoms with Crippen LogP contribution in [0.3, 0.4) is 0 Å². The van der Waals surface area contributed by atoms with Gasteiger partial charge in [0.25, 0.3) is 5.56 Å². The quantitative estimate of drug-likeness (QED) is 0.866. The van der Waals surface area contributed by atoms with E-state index in [1.165, 1.54) is 4.90 Å². The van der Waals surface area contributed by atoms with Crippen molar-refractivity contribution >= 4 is 17.0 Å². The molecule has 1 N–H and O–H groups in total. The Morgan fingerprint density at radius 3 is 2.50 bits per heavy atom. The summed E-state index contributed by atoms with van der Waals surface area (Å²) in [6, 6.07) is 11.3. The predicted molar refractivity (Wildman–Crippen MR) is 76.1 cm³/mol. The maximum atomic E-state index is 12.2. The molecule has 0 radical (unpaired) electrons. The number of benzene rings is 1. The number of rotatable bonds is 1. The van der Waals surface area contributed by atoms with E-state index in [1.54, 1.807) is 6.07 Å². The van der Waals surface area contributed by atoms with Crippen molar-refractivity contribution in [3.05, 3.63) is 46.8 Å². The van der Waals surface area contributed by atoms with Crippen molar-refractivity contribution in [2.24, 2.45) is 0 Å². The van der Waals surface area contributed by atoms with Gasteiger partial charge in [-0.25, -0.2) is 4.79 Å². The zero-order chi connectivity index (χ0) is 14.1. The van der Waals surface area contributed by atoms with Crippen molar-refractivity contribution in [2.75, 3.05) is 13.1 Å². The fraction of sp³-hybridized carbons (Fsp3) is 0.333. The van der Waals surface area contributed by atoms with Crippen LogP contribution in [0.15, 0.2) is 41.2 Å². The van der Waals surface area contributed by atoms with Gasteiger partial charge in [-0.3, -0.25) is 4.79 Å². The van der Waals surface area contributed by atoms with Crippen molar-refractivity contribution in [3.8, 4) is 0 Å². The summed E-state index contributed by atoms with van der Waals surface area (Å²) in [7, 11) is 0. The van der Waals surface area contributed by atoms with Gasteiger partial charge < -0.3 is 14.6 Å². The van der Waals surface area contributed by atoms with E-state index < -0.39 is 6.09 Å². The van der Waals surface area contributed by atoms with Crippen LogP contribution in [0.1, 0.15) is 18.9 Å². The normalized spacial score (nSPS) is 16.5. The summed E-state index contributed by atoms with van der Waals surface area (Å²) < 4.78 is 1.81. The van der Waals surface area contributed by atoms with Crippen molar-refractivity contribution in [1.82, 2.24) is 9.47 Å². The Morgan fingerprint density at radius 1 is 1.10 bits per heavy atom. The van der Waals surface area contributed by atoms with Crippen molar-refractivity contribution < 1.29 is 9.90 Å². The van der Waals surface area contributed by atoms with E-state index in [0.717, 1.165) is 10.9 Å². The summed E-state index contributed by atoms with van der Waals surface area (Å²) >= 11 is 0. The molecule has 2 aromatic rings. The summed E-state index contributed by atoms with van der Waals surface area (Å²) in [4.78, 5) is 24.5. The number of hydrogen-bond donors (Lipinski definition) is 1. The Labute approximate surface area is 116 Å². The number of amides is 1. The fourth-order valence-electron chi connectivity index (χ4n) is 2.90. The second kappa shape index (κ2) is 5.00. The van der Waals surface area contributed by atoms with E-state index in [1.807, 2.05) is 34.9 Å². The Hall–Kier alpha value is -2.30. The van der Waals surface area contributed by atoms with Gasteiger partial charge in [-0.2, -0.15) is 0 Å². The SMILES string of the molecule is O=C(O)N1CCC(n2c(=O)ccc3ccccc32)CC1. The van der Waals surface area contributed by atoms with Crippen LogP contribution in [0, 0.1) is 0 Å². The number of fused-ring (bicyclic) bond motifs is 1. The van der Waals surface area contributed by atoms with Crippen LogP contribution in [-0.2, 0) is 0 Å². The van der Waals surface area contributed by atoms with Crippen molar-refractivity contribution in [1.29, 1.82) is 0 Å². The first-order chi connectivity index (χ1) is 9.66. The molecule has 0 saturated carbocycles. The molecule has 1 aromatic carbocycles. The maximum Gasteiger partial charge on any atom is 0.407 e. The Kier molecular flexibility index (Phi) is 3.18. The van der Waals surface area contributed by atoms with E-state index >= 15 is 0 Å². The lowest BCUT2D eigenvalue weighted by Crippen LogP contribution is -2.40. The molecule has 0 atom stereocenters. The van der Waals surface area contributed by atoms with Gasteiger partial charge in [0.05, 0.1) is 5.52 Å². The molecule has 1 aromatic heterocycles. The topological polar surface area (TPSA) is 62.5 Å². The van der Waals surface area contributed by atoms with Crippen LogP contribution >= 0.6 is 0 Å². The number of hydrogen-bond acceptors (Lipinski definition) is 2. The molecule has 2 heterocycles. The smallest absolute Gasteiger partial charge is 0.407 e. The first kappa shape index (κ1) is 12.7. The molecule has 3 rings (SSSR count). The Balaban J connectivity index is 1.97. The van der Waals surface area contributed by atoms with Gasteiger partial charge in [0.1, 0.15) is 0 Å². The number of likely N-dealkylation sites (tertiary alicyclic amines) is 1. The molecular weight excluding hydrogens is 256 g/mol. The summed E-state index contributed by atoms with van der Waals surface area (Å²) in [5, 5.41) is 10.0. The summed E-state index contributed by atoms with van der Waals surface area (Å²) in [6.45, 7) is 0.964. The van der Waals surface area contributed by atoms with Crippen molar-refractivity contribution in [2.45, 2.75) is 18.9 Å². The lowest BCUT2D eigenvalue weighted by atomic mass is 10.0. The van der Waals surface area contributed by atoms with Crippen LogP contribution in [0.2, 0.25) is 0 Å². The number of nitrogens with zero attached hydrogens (tertiary/aromatic N) is 2. The highest BCUT2D eigenvalue weighted by atomic mass is 16.4. The van der Waals surface area contributed by atoms with Crippen LogP contribution in [0.4, 0.5) is 4.79 Å². The van der Waals surface area contributed by atoms with Crippen LogP contribution in [0.25, 0.3) is 10.9 Å². The molecule has 20 heavy (non-hydrogen) atoms. The minimum absolute atomic E-state index is 0.0162. The molecule has 0 bridgehead atoms. The zero-order valence-corrected chi connectivity index (χ0v) is 11.0. The van der Waals surface area contributed by atoms with Crippen LogP contribution in [0.5, 0.6) is 0 Å². The van der Waals surface area contributed by atoms with Gasteiger partial charge in [0.2, 0.25) is 0 Å². The highest BCUT2D eigenvalue weighted by Gasteiger charge is 2.24. The Morgan fingerprint density at radius 2 is 1.80 bits per heavy atom. The molecule has 104 valence electrons. The molecule has 1 fully saturated rings. The second-order valence-corrected chi connectivity index (χ2v) is 5.10. The first-order valence-corrected chi connectivity index (χ1v) is 6.75. The highest BCUT2D eigenvalue weighted by Crippen LogP contribution is 2.24. The zero-order valence-electron chi connectivity index (χ0n) is 11.0. The molecule has 0 spiro atoms. The number of carbonyl (C=O) groups is 1.